The van der Waals surface area contributed by atoms with E-state index >= 15 is 0 Å². The molecule has 0 saturated carbocycles. The van der Waals surface area contributed by atoms with Crippen LogP contribution in [0.4, 0.5) is 14.9 Å². The number of hydrogen-bond acceptors (Lipinski definition) is 2. The van der Waals surface area contributed by atoms with Crippen LogP contribution in [0.25, 0.3) is 0 Å². The van der Waals surface area contributed by atoms with Gasteiger partial charge in [0.25, 0.3) is 0 Å². The van der Waals surface area contributed by atoms with Crippen molar-refractivity contribution in [3.05, 3.63) is 28.5 Å². The van der Waals surface area contributed by atoms with Gasteiger partial charge in [0.15, 0.2) is 0 Å². The van der Waals surface area contributed by atoms with E-state index in [0.717, 1.165) is 0 Å². The lowest BCUT2D eigenvalue weighted by Gasteiger charge is -2.27. The number of carbonyl (C=O) groups is 2. The van der Waals surface area contributed by atoms with E-state index in [9.17, 15) is 14.0 Å². The van der Waals surface area contributed by atoms with E-state index in [1.54, 1.807) is 20.8 Å². The number of amides is 2. The van der Waals surface area contributed by atoms with Crippen LogP contribution >= 0.6 is 15.9 Å². The van der Waals surface area contributed by atoms with Crippen LogP contribution in [0.2, 0.25) is 0 Å². The van der Waals surface area contributed by atoms with E-state index in [2.05, 4.69) is 26.6 Å². The van der Waals surface area contributed by atoms with Gasteiger partial charge in [-0.3, -0.25) is 0 Å². The van der Waals surface area contributed by atoms with Crippen molar-refractivity contribution < 1.29 is 19.1 Å². The molecule has 7 heteroatoms. The Labute approximate surface area is 124 Å². The van der Waals surface area contributed by atoms with Gasteiger partial charge in [-0.1, -0.05) is 36.7 Å². The molecule has 1 atom stereocenters. The van der Waals surface area contributed by atoms with Crippen LogP contribution in [0.3, 0.4) is 0 Å². The second-order valence-corrected chi connectivity index (χ2v) is 6.28. The molecule has 0 fully saturated rings. The van der Waals surface area contributed by atoms with Crippen molar-refractivity contribution in [2.75, 3.05) is 5.32 Å². The molecule has 1 aromatic carbocycles. The molecular formula is C13H16BrFN2O3. The van der Waals surface area contributed by atoms with Crippen molar-refractivity contribution in [3.63, 3.8) is 0 Å². The zero-order valence-corrected chi connectivity index (χ0v) is 12.9. The number of carboxylic acids is 1. The highest BCUT2D eigenvalue weighted by Gasteiger charge is 2.32. The van der Waals surface area contributed by atoms with Gasteiger partial charge < -0.3 is 15.7 Å². The smallest absolute Gasteiger partial charge is 0.326 e. The molecular weight excluding hydrogens is 331 g/mol. The number of carboxylic acid groups (broad SMARTS) is 1. The molecule has 1 aromatic rings. The molecule has 0 aromatic heterocycles. The largest absolute Gasteiger partial charge is 0.480 e. The maximum atomic E-state index is 13.5. The monoisotopic (exact) mass is 346 g/mol. The Balaban J connectivity index is 2.81. The molecule has 5 nitrogen and oxygen atoms in total. The van der Waals surface area contributed by atoms with Gasteiger partial charge in [0.05, 0.1) is 5.69 Å². The lowest BCUT2D eigenvalue weighted by Crippen LogP contribution is -2.50. The molecule has 110 valence electrons. The standard InChI is InChI=1S/C13H16BrFN2O3/c1-13(2,3)10(11(18)19)17-12(20)16-9-6-7(14)4-5-8(9)15/h4-6,10H,1-3H3,(H,18,19)(H2,16,17,20)/t10-/m0/s1. The van der Waals surface area contributed by atoms with Gasteiger partial charge in [-0.25, -0.2) is 14.0 Å². The van der Waals surface area contributed by atoms with Crippen LogP contribution in [0.5, 0.6) is 0 Å². The summed E-state index contributed by atoms with van der Waals surface area (Å²) in [7, 11) is 0. The number of anilines is 1. The number of nitrogens with one attached hydrogen (secondary N) is 2. The summed E-state index contributed by atoms with van der Waals surface area (Å²) in [5.41, 5.74) is -0.700. The highest BCUT2D eigenvalue weighted by Crippen LogP contribution is 2.21. The second-order valence-electron chi connectivity index (χ2n) is 5.36. The molecule has 0 unspecified atom stereocenters. The van der Waals surface area contributed by atoms with Gasteiger partial charge in [-0.2, -0.15) is 0 Å². The van der Waals surface area contributed by atoms with E-state index in [1.165, 1.54) is 18.2 Å². The highest BCUT2D eigenvalue weighted by atomic mass is 79.9. The molecule has 0 aliphatic carbocycles. The number of carbonyl (C=O) groups excluding carboxylic acids is 1. The van der Waals surface area contributed by atoms with Crippen LogP contribution in [-0.2, 0) is 4.79 Å². The van der Waals surface area contributed by atoms with Crippen molar-refractivity contribution in [1.82, 2.24) is 5.32 Å². The molecule has 2 amide bonds. The predicted molar refractivity (Wildman–Crippen MR) is 77.1 cm³/mol. The summed E-state index contributed by atoms with van der Waals surface area (Å²) in [4.78, 5) is 22.9. The summed E-state index contributed by atoms with van der Waals surface area (Å²) in [5.74, 6) is -1.76. The molecule has 20 heavy (non-hydrogen) atoms. The molecule has 0 radical (unpaired) electrons. The van der Waals surface area contributed by atoms with Crippen LogP contribution < -0.4 is 10.6 Å². The summed E-state index contributed by atoms with van der Waals surface area (Å²) < 4.78 is 14.1. The maximum Gasteiger partial charge on any atom is 0.326 e. The van der Waals surface area contributed by atoms with Gasteiger partial charge in [0.2, 0.25) is 0 Å². The minimum atomic E-state index is -1.15. The molecule has 0 aliphatic rings. The Hall–Kier alpha value is -1.63. The predicted octanol–water partition coefficient (Wildman–Crippen LogP) is 3.21. The van der Waals surface area contributed by atoms with Gasteiger partial charge in [-0.05, 0) is 23.6 Å². The molecule has 0 bridgehead atoms. The van der Waals surface area contributed by atoms with E-state index in [-0.39, 0.29) is 5.69 Å². The Kier molecular flexibility index (Phi) is 5.10. The Morgan fingerprint density at radius 1 is 1.35 bits per heavy atom. The van der Waals surface area contributed by atoms with Crippen LogP contribution in [-0.4, -0.2) is 23.1 Å². The summed E-state index contributed by atoms with van der Waals surface area (Å²) in [5, 5.41) is 13.7. The first-order chi connectivity index (χ1) is 9.11. The minimum absolute atomic E-state index is 0.0325. The van der Waals surface area contributed by atoms with Crippen molar-refractivity contribution in [2.45, 2.75) is 26.8 Å². The van der Waals surface area contributed by atoms with E-state index in [0.29, 0.717) is 4.47 Å². The number of rotatable bonds is 3. The molecule has 0 aliphatic heterocycles. The Bertz CT molecular complexity index is 529. The Morgan fingerprint density at radius 3 is 2.45 bits per heavy atom. The fraction of sp³-hybridized carbons (Fsp3) is 0.385. The fourth-order valence-electron chi connectivity index (χ4n) is 1.53. The van der Waals surface area contributed by atoms with Crippen molar-refractivity contribution in [2.24, 2.45) is 5.41 Å². The number of hydrogen-bond donors (Lipinski definition) is 3. The number of urea groups is 1. The minimum Gasteiger partial charge on any atom is -0.480 e. The molecule has 3 N–H and O–H groups in total. The van der Waals surface area contributed by atoms with Crippen molar-refractivity contribution >= 4 is 33.6 Å². The zero-order chi connectivity index (χ0) is 15.5. The summed E-state index contributed by atoms with van der Waals surface area (Å²) in [6.45, 7) is 5.06. The number of halogens is 2. The SMILES string of the molecule is CC(C)(C)[C@@H](NC(=O)Nc1cc(Br)ccc1F)C(=O)O. The fourth-order valence-corrected chi connectivity index (χ4v) is 1.89. The number of aliphatic carboxylic acids is 1. The second kappa shape index (κ2) is 6.21. The summed E-state index contributed by atoms with van der Waals surface area (Å²) in [6.07, 6.45) is 0. The zero-order valence-electron chi connectivity index (χ0n) is 11.3. The van der Waals surface area contributed by atoms with Gasteiger partial charge in [0.1, 0.15) is 11.9 Å². The third-order valence-electron chi connectivity index (χ3n) is 2.57. The average Bonchev–Trinajstić information content (AvgIpc) is 2.29. The van der Waals surface area contributed by atoms with Crippen LogP contribution in [0.15, 0.2) is 22.7 Å². The Morgan fingerprint density at radius 2 is 1.95 bits per heavy atom. The lowest BCUT2D eigenvalue weighted by molar-refractivity contribution is -0.141. The van der Waals surface area contributed by atoms with Gasteiger partial charge in [-0.15, -0.1) is 0 Å². The summed E-state index contributed by atoms with van der Waals surface area (Å²) >= 11 is 3.16. The van der Waals surface area contributed by atoms with Gasteiger partial charge in [0, 0.05) is 4.47 Å². The summed E-state index contributed by atoms with van der Waals surface area (Å²) in [6, 6.07) is 2.22. The first kappa shape index (κ1) is 16.4. The molecule has 0 spiro atoms. The molecule has 0 heterocycles. The van der Waals surface area contributed by atoms with E-state index < -0.39 is 29.3 Å². The quantitative estimate of drug-likeness (QED) is 0.786. The third-order valence-corrected chi connectivity index (χ3v) is 3.06. The third kappa shape index (κ3) is 4.48. The first-order valence-corrected chi connectivity index (χ1v) is 6.66. The van der Waals surface area contributed by atoms with E-state index in [1.807, 2.05) is 0 Å². The van der Waals surface area contributed by atoms with Gasteiger partial charge >= 0.3 is 12.0 Å². The number of benzene rings is 1. The maximum absolute atomic E-state index is 13.5. The molecule has 1 rings (SSSR count). The van der Waals surface area contributed by atoms with Crippen LogP contribution in [0, 0.1) is 11.2 Å². The van der Waals surface area contributed by atoms with Crippen LogP contribution in [0.1, 0.15) is 20.8 Å². The topological polar surface area (TPSA) is 78.4 Å². The molecule has 0 saturated heterocycles. The average molecular weight is 347 g/mol. The van der Waals surface area contributed by atoms with Crippen molar-refractivity contribution in [3.8, 4) is 0 Å². The van der Waals surface area contributed by atoms with Crippen molar-refractivity contribution in [1.29, 1.82) is 0 Å². The van der Waals surface area contributed by atoms with E-state index in [4.69, 9.17) is 5.11 Å². The first-order valence-electron chi connectivity index (χ1n) is 5.86. The highest BCUT2D eigenvalue weighted by molar-refractivity contribution is 9.10. The normalized spacial score (nSPS) is 12.7. The lowest BCUT2D eigenvalue weighted by atomic mass is 9.87.